The number of hydrogen-bond acceptors (Lipinski definition) is 4. The molecule has 21 heavy (non-hydrogen) atoms. The Labute approximate surface area is 124 Å². The van der Waals surface area contributed by atoms with Crippen LogP contribution in [0, 0.1) is 0 Å². The van der Waals surface area contributed by atoms with Gasteiger partial charge in [0, 0.05) is 5.54 Å². The normalized spacial score (nSPS) is 21.0. The van der Waals surface area contributed by atoms with Crippen LogP contribution in [-0.4, -0.2) is 35.2 Å². The number of alkyl halides is 3. The van der Waals surface area contributed by atoms with E-state index in [0.717, 1.165) is 18.1 Å². The Morgan fingerprint density at radius 1 is 1.29 bits per heavy atom. The van der Waals surface area contributed by atoms with Gasteiger partial charge in [-0.1, -0.05) is 38.9 Å². The molecule has 0 N–H and O–H groups in total. The van der Waals surface area contributed by atoms with Crippen LogP contribution in [0.5, 0.6) is 0 Å². The highest BCUT2D eigenvalue weighted by Gasteiger charge is 2.51. The van der Waals surface area contributed by atoms with Crippen LogP contribution in [0.4, 0.5) is 13.2 Å². The summed E-state index contributed by atoms with van der Waals surface area (Å²) in [5, 5.41) is 0. The Balaban J connectivity index is 3.12. The number of halogens is 3. The Morgan fingerprint density at radius 3 is 2.24 bits per heavy atom. The summed E-state index contributed by atoms with van der Waals surface area (Å²) >= 11 is 0. The molecule has 0 fully saturated rings. The predicted octanol–water partition coefficient (Wildman–Crippen LogP) is 3.65. The third kappa shape index (κ3) is 3.81. The van der Waals surface area contributed by atoms with E-state index in [0.29, 0.717) is 0 Å². The second kappa shape index (κ2) is 6.70. The van der Waals surface area contributed by atoms with Gasteiger partial charge in [-0.05, 0) is 6.08 Å². The fourth-order valence-corrected chi connectivity index (χ4v) is 7.63. The first-order valence-electron chi connectivity index (χ1n) is 6.92. The van der Waals surface area contributed by atoms with Crippen molar-refractivity contribution in [3.8, 4) is 0 Å². The lowest BCUT2D eigenvalue weighted by Crippen LogP contribution is -2.43. The molecule has 0 spiro atoms. The molecule has 1 aliphatic rings. The predicted molar refractivity (Wildman–Crippen MR) is 75.9 cm³/mol. The molecule has 1 rings (SSSR count). The Morgan fingerprint density at radius 2 is 1.81 bits per heavy atom. The second-order valence-electron chi connectivity index (χ2n) is 5.10. The molecule has 1 unspecified atom stereocenters. The highest BCUT2D eigenvalue weighted by atomic mass is 32.2. The highest BCUT2D eigenvalue weighted by Crippen LogP contribution is 2.42. The largest absolute Gasteiger partial charge is 0.534 e. The third-order valence-electron chi connectivity index (χ3n) is 4.37. The van der Waals surface area contributed by atoms with Crippen LogP contribution in [0.3, 0.4) is 0 Å². The maximum absolute atomic E-state index is 12.5. The third-order valence-corrected chi connectivity index (χ3v) is 11.5. The van der Waals surface area contributed by atoms with Gasteiger partial charge < -0.3 is 8.92 Å². The first kappa shape index (κ1) is 18.5. The maximum Gasteiger partial charge on any atom is 0.534 e. The fraction of sp³-hybridized carbons (Fsp3) is 0.833. The minimum absolute atomic E-state index is 0.0703. The van der Waals surface area contributed by atoms with Crippen molar-refractivity contribution in [1.82, 2.24) is 0 Å². The van der Waals surface area contributed by atoms with Gasteiger partial charge in [-0.3, -0.25) is 0 Å². The monoisotopic (exact) mass is 346 g/mol. The molecule has 0 bridgehead atoms. The molecule has 9 heteroatoms. The number of rotatable bonds is 6. The Kier molecular flexibility index (Phi) is 5.90. The SMILES string of the molecule is CC[Si](CC)(CC)C1COCC=C1OS(=O)(=O)C(F)(F)F. The first-order chi connectivity index (χ1) is 9.63. The average Bonchev–Trinajstić information content (AvgIpc) is 2.41. The summed E-state index contributed by atoms with van der Waals surface area (Å²) in [5.41, 5.74) is -5.77. The van der Waals surface area contributed by atoms with Gasteiger partial charge >= 0.3 is 15.6 Å². The molecule has 0 saturated carbocycles. The van der Waals surface area contributed by atoms with Gasteiger partial charge in [0.25, 0.3) is 0 Å². The van der Waals surface area contributed by atoms with Crippen LogP contribution in [0.2, 0.25) is 23.7 Å². The van der Waals surface area contributed by atoms with Gasteiger partial charge in [0.1, 0.15) is 5.76 Å². The van der Waals surface area contributed by atoms with Crippen molar-refractivity contribution in [3.05, 3.63) is 11.8 Å². The molecule has 0 amide bonds. The van der Waals surface area contributed by atoms with Crippen LogP contribution in [-0.2, 0) is 19.0 Å². The van der Waals surface area contributed by atoms with Crippen molar-refractivity contribution in [2.45, 2.75) is 50.0 Å². The smallest absolute Gasteiger partial charge is 0.381 e. The maximum atomic E-state index is 12.5. The van der Waals surface area contributed by atoms with Gasteiger partial charge in [-0.25, -0.2) is 0 Å². The standard InChI is InChI=1S/C12H21F3O4SSi/c1-4-21(5-2,6-3)11-9-18-8-7-10(11)19-20(16,17)12(13,14)15/h7,11H,4-6,8-9H2,1-3H3. The Hall–Kier alpha value is -0.543. The minimum atomic E-state index is -5.62. The van der Waals surface area contributed by atoms with Gasteiger partial charge in [-0.15, -0.1) is 0 Å². The summed E-state index contributed by atoms with van der Waals surface area (Å²) in [4.78, 5) is 0. The summed E-state index contributed by atoms with van der Waals surface area (Å²) < 4.78 is 69.7. The van der Waals surface area contributed by atoms with E-state index in [1.54, 1.807) is 0 Å². The van der Waals surface area contributed by atoms with E-state index in [4.69, 9.17) is 4.74 Å². The highest BCUT2D eigenvalue weighted by molar-refractivity contribution is 7.87. The topological polar surface area (TPSA) is 52.6 Å². The Bertz CT molecular complexity index is 475. The van der Waals surface area contributed by atoms with E-state index in [1.165, 1.54) is 6.08 Å². The summed E-state index contributed by atoms with van der Waals surface area (Å²) in [7, 11) is -7.61. The molecule has 0 radical (unpaired) electrons. The van der Waals surface area contributed by atoms with Gasteiger partial charge in [0.2, 0.25) is 0 Å². The van der Waals surface area contributed by atoms with Crippen molar-refractivity contribution >= 4 is 18.2 Å². The molecule has 1 aliphatic heterocycles. The molecule has 124 valence electrons. The number of ether oxygens (including phenoxy) is 1. The molecular formula is C12H21F3O4SSi. The fourth-order valence-electron chi connectivity index (χ4n) is 2.79. The van der Waals surface area contributed by atoms with E-state index in [9.17, 15) is 21.6 Å². The quantitative estimate of drug-likeness (QED) is 0.418. The summed E-state index contributed by atoms with van der Waals surface area (Å²) in [6.07, 6.45) is 1.32. The zero-order chi connectivity index (χ0) is 16.3. The second-order valence-corrected chi connectivity index (χ2v) is 12.2. The molecular weight excluding hydrogens is 325 g/mol. The average molecular weight is 346 g/mol. The lowest BCUT2D eigenvalue weighted by atomic mass is 10.3. The molecule has 0 aromatic carbocycles. The van der Waals surface area contributed by atoms with E-state index < -0.39 is 23.7 Å². The summed E-state index contributed by atoms with van der Waals surface area (Å²) in [5.74, 6) is -0.0872. The molecule has 1 heterocycles. The lowest BCUT2D eigenvalue weighted by Gasteiger charge is -2.39. The van der Waals surface area contributed by atoms with E-state index in [2.05, 4.69) is 4.18 Å². The van der Waals surface area contributed by atoms with Gasteiger partial charge in [-0.2, -0.15) is 21.6 Å². The number of hydrogen-bond donors (Lipinski definition) is 0. The van der Waals surface area contributed by atoms with Crippen molar-refractivity contribution in [3.63, 3.8) is 0 Å². The molecule has 1 atom stereocenters. The summed E-state index contributed by atoms with van der Waals surface area (Å²) in [6.45, 7) is 6.26. The van der Waals surface area contributed by atoms with Crippen molar-refractivity contribution < 1.29 is 30.5 Å². The van der Waals surface area contributed by atoms with E-state index in [1.807, 2.05) is 20.8 Å². The molecule has 0 saturated heterocycles. The van der Waals surface area contributed by atoms with Crippen LogP contribution in [0.15, 0.2) is 11.8 Å². The zero-order valence-corrected chi connectivity index (χ0v) is 14.2. The van der Waals surface area contributed by atoms with E-state index >= 15 is 0 Å². The van der Waals surface area contributed by atoms with Gasteiger partial charge in [0.15, 0.2) is 0 Å². The molecule has 0 aliphatic carbocycles. The lowest BCUT2D eigenvalue weighted by molar-refractivity contribution is -0.0527. The summed E-state index contributed by atoms with van der Waals surface area (Å²) in [6, 6.07) is 2.50. The molecule has 0 aromatic heterocycles. The zero-order valence-electron chi connectivity index (χ0n) is 12.4. The van der Waals surface area contributed by atoms with Crippen molar-refractivity contribution in [2.75, 3.05) is 13.2 Å². The van der Waals surface area contributed by atoms with Crippen LogP contribution in [0.1, 0.15) is 20.8 Å². The van der Waals surface area contributed by atoms with Crippen LogP contribution >= 0.6 is 0 Å². The molecule has 4 nitrogen and oxygen atoms in total. The van der Waals surface area contributed by atoms with E-state index in [-0.39, 0.29) is 24.5 Å². The minimum Gasteiger partial charge on any atom is -0.381 e. The van der Waals surface area contributed by atoms with Crippen LogP contribution < -0.4 is 0 Å². The van der Waals surface area contributed by atoms with Gasteiger partial charge in [0.05, 0.1) is 21.3 Å². The first-order valence-corrected chi connectivity index (χ1v) is 11.0. The van der Waals surface area contributed by atoms with Crippen molar-refractivity contribution in [1.29, 1.82) is 0 Å². The van der Waals surface area contributed by atoms with Crippen LogP contribution in [0.25, 0.3) is 0 Å². The van der Waals surface area contributed by atoms with Crippen molar-refractivity contribution in [2.24, 2.45) is 0 Å². The molecule has 0 aromatic rings.